The third-order valence-corrected chi connectivity index (χ3v) is 4.04. The fraction of sp³-hybridized carbons (Fsp3) is 0.250. The van der Waals surface area contributed by atoms with Gasteiger partial charge in [-0.2, -0.15) is 0 Å². The second-order valence-electron chi connectivity index (χ2n) is 3.80. The maximum atomic E-state index is 12.1. The Morgan fingerprint density at radius 3 is 2.88 bits per heavy atom. The Labute approximate surface area is 112 Å². The first kappa shape index (κ1) is 12.4. The van der Waals surface area contributed by atoms with Crippen LogP contribution < -0.4 is 0 Å². The lowest BCUT2D eigenvalue weighted by Gasteiger charge is -2.15. The van der Waals surface area contributed by atoms with Crippen molar-refractivity contribution in [1.82, 2.24) is 4.90 Å². The molecule has 0 saturated heterocycles. The van der Waals surface area contributed by atoms with E-state index in [1.165, 1.54) is 11.3 Å². The van der Waals surface area contributed by atoms with Gasteiger partial charge in [0.25, 0.3) is 5.91 Å². The van der Waals surface area contributed by atoms with Crippen molar-refractivity contribution >= 4 is 33.2 Å². The molecule has 0 aliphatic heterocycles. The first-order valence-electron chi connectivity index (χ1n) is 5.10. The molecule has 0 fully saturated rings. The first-order chi connectivity index (χ1) is 8.08. The summed E-state index contributed by atoms with van der Waals surface area (Å²) in [6.07, 6.45) is 1.64. The lowest BCUT2D eigenvalue weighted by Crippen LogP contribution is -2.25. The van der Waals surface area contributed by atoms with Crippen LogP contribution in [-0.2, 0) is 6.54 Å². The molecule has 1 amide bonds. The van der Waals surface area contributed by atoms with E-state index < -0.39 is 0 Å². The van der Waals surface area contributed by atoms with Gasteiger partial charge >= 0.3 is 0 Å². The smallest absolute Gasteiger partial charge is 0.254 e. The summed E-state index contributed by atoms with van der Waals surface area (Å²) in [6.45, 7) is 2.46. The number of hydrogen-bond donors (Lipinski definition) is 0. The van der Waals surface area contributed by atoms with E-state index in [1.54, 1.807) is 18.2 Å². The number of aryl methyl sites for hydroxylation is 1. The number of thiophene rings is 1. The number of hydrogen-bond acceptors (Lipinski definition) is 3. The Bertz CT molecular complexity index is 532. The van der Waals surface area contributed by atoms with Crippen molar-refractivity contribution in [2.45, 2.75) is 13.5 Å². The maximum absolute atomic E-state index is 12.1. The highest BCUT2D eigenvalue weighted by Gasteiger charge is 2.15. The summed E-state index contributed by atoms with van der Waals surface area (Å²) in [4.78, 5) is 13.8. The van der Waals surface area contributed by atoms with Crippen molar-refractivity contribution in [2.75, 3.05) is 7.05 Å². The quantitative estimate of drug-likeness (QED) is 0.866. The number of rotatable bonds is 3. The number of carbonyl (C=O) groups is 1. The van der Waals surface area contributed by atoms with Gasteiger partial charge in [-0.3, -0.25) is 4.79 Å². The summed E-state index contributed by atoms with van der Waals surface area (Å²) in [5, 5.41) is 1.85. The SMILES string of the molecule is Cc1occc1CN(C)C(=O)c1csc(Br)c1. The van der Waals surface area contributed by atoms with E-state index in [0.717, 1.165) is 15.1 Å². The van der Waals surface area contributed by atoms with Gasteiger partial charge in [0.05, 0.1) is 15.6 Å². The minimum absolute atomic E-state index is 0.0209. The zero-order valence-electron chi connectivity index (χ0n) is 9.57. The molecule has 0 N–H and O–H groups in total. The van der Waals surface area contributed by atoms with Crippen LogP contribution in [0.25, 0.3) is 0 Å². The minimum atomic E-state index is 0.0209. The van der Waals surface area contributed by atoms with E-state index in [2.05, 4.69) is 15.9 Å². The standard InChI is InChI=1S/C12H12BrNO2S/c1-8-9(3-4-16-8)6-14(2)12(15)10-5-11(13)17-7-10/h3-5,7H,6H2,1-2H3. The topological polar surface area (TPSA) is 33.5 Å². The predicted octanol–water partition coefficient (Wildman–Crippen LogP) is 3.68. The number of amides is 1. The Hall–Kier alpha value is -1.07. The second-order valence-corrected chi connectivity index (χ2v) is 6.09. The summed E-state index contributed by atoms with van der Waals surface area (Å²) < 4.78 is 6.18. The Balaban J connectivity index is 2.08. The predicted molar refractivity (Wildman–Crippen MR) is 71.3 cm³/mol. The molecular weight excluding hydrogens is 302 g/mol. The van der Waals surface area contributed by atoms with Gasteiger partial charge in [-0.1, -0.05) is 0 Å². The van der Waals surface area contributed by atoms with Crippen molar-refractivity contribution in [3.8, 4) is 0 Å². The van der Waals surface area contributed by atoms with Crippen LogP contribution in [0.3, 0.4) is 0 Å². The van der Waals surface area contributed by atoms with Crippen LogP contribution in [-0.4, -0.2) is 17.9 Å². The van der Waals surface area contributed by atoms with Gasteiger partial charge < -0.3 is 9.32 Å². The van der Waals surface area contributed by atoms with E-state index in [0.29, 0.717) is 12.1 Å². The molecule has 0 radical (unpaired) electrons. The highest BCUT2D eigenvalue weighted by atomic mass is 79.9. The van der Waals surface area contributed by atoms with E-state index in [1.807, 2.05) is 24.4 Å². The highest BCUT2D eigenvalue weighted by Crippen LogP contribution is 2.22. The summed E-state index contributed by atoms with van der Waals surface area (Å²) in [5.41, 5.74) is 1.75. The van der Waals surface area contributed by atoms with Gasteiger partial charge in [0.1, 0.15) is 5.76 Å². The average molecular weight is 314 g/mol. The largest absolute Gasteiger partial charge is 0.469 e. The lowest BCUT2D eigenvalue weighted by molar-refractivity contribution is 0.0785. The molecule has 0 unspecified atom stereocenters. The van der Waals surface area contributed by atoms with Crippen LogP contribution in [0.4, 0.5) is 0 Å². The van der Waals surface area contributed by atoms with E-state index in [9.17, 15) is 4.79 Å². The monoisotopic (exact) mass is 313 g/mol. The van der Waals surface area contributed by atoms with Crippen molar-refractivity contribution in [1.29, 1.82) is 0 Å². The fourth-order valence-corrected chi connectivity index (χ4v) is 2.68. The van der Waals surface area contributed by atoms with E-state index in [-0.39, 0.29) is 5.91 Å². The molecule has 17 heavy (non-hydrogen) atoms. The minimum Gasteiger partial charge on any atom is -0.469 e. The second kappa shape index (κ2) is 5.06. The lowest BCUT2D eigenvalue weighted by atomic mass is 10.2. The Morgan fingerprint density at radius 2 is 2.35 bits per heavy atom. The summed E-state index contributed by atoms with van der Waals surface area (Å²) in [7, 11) is 1.79. The molecule has 5 heteroatoms. The number of furan rings is 1. The van der Waals surface area contributed by atoms with Crippen molar-refractivity contribution in [3.05, 3.63) is 44.4 Å². The average Bonchev–Trinajstić information content (AvgIpc) is 2.88. The number of halogens is 1. The summed E-state index contributed by atoms with van der Waals surface area (Å²) in [6, 6.07) is 3.73. The van der Waals surface area contributed by atoms with Crippen LogP contribution in [0.15, 0.2) is 32.0 Å². The van der Waals surface area contributed by atoms with Gasteiger partial charge in [-0.05, 0) is 35.0 Å². The number of nitrogens with zero attached hydrogens (tertiary/aromatic N) is 1. The van der Waals surface area contributed by atoms with Gasteiger partial charge in [0.15, 0.2) is 0 Å². The molecule has 2 heterocycles. The molecule has 0 aliphatic carbocycles. The molecule has 0 bridgehead atoms. The molecule has 0 spiro atoms. The molecule has 0 aromatic carbocycles. The van der Waals surface area contributed by atoms with Gasteiger partial charge in [0.2, 0.25) is 0 Å². The van der Waals surface area contributed by atoms with Gasteiger partial charge in [-0.15, -0.1) is 11.3 Å². The summed E-state index contributed by atoms with van der Waals surface area (Å²) in [5.74, 6) is 0.878. The zero-order valence-corrected chi connectivity index (χ0v) is 12.0. The van der Waals surface area contributed by atoms with E-state index in [4.69, 9.17) is 4.42 Å². The third-order valence-electron chi connectivity index (χ3n) is 2.53. The van der Waals surface area contributed by atoms with E-state index >= 15 is 0 Å². The third kappa shape index (κ3) is 2.79. The van der Waals surface area contributed by atoms with Crippen LogP contribution in [0.1, 0.15) is 21.7 Å². The van der Waals surface area contributed by atoms with Crippen molar-refractivity contribution < 1.29 is 9.21 Å². The van der Waals surface area contributed by atoms with Gasteiger partial charge in [0, 0.05) is 24.5 Å². The first-order valence-corrected chi connectivity index (χ1v) is 6.77. The molecular formula is C12H12BrNO2S. The molecule has 2 rings (SSSR count). The maximum Gasteiger partial charge on any atom is 0.254 e. The van der Waals surface area contributed by atoms with Crippen LogP contribution in [0.2, 0.25) is 0 Å². The molecule has 0 saturated carbocycles. The van der Waals surface area contributed by atoms with Crippen LogP contribution in [0, 0.1) is 6.92 Å². The van der Waals surface area contributed by atoms with Crippen molar-refractivity contribution in [2.24, 2.45) is 0 Å². The number of carbonyl (C=O) groups excluding carboxylic acids is 1. The van der Waals surface area contributed by atoms with Crippen LogP contribution in [0.5, 0.6) is 0 Å². The normalized spacial score (nSPS) is 10.5. The fourth-order valence-electron chi connectivity index (χ4n) is 1.55. The van der Waals surface area contributed by atoms with Crippen molar-refractivity contribution in [3.63, 3.8) is 0 Å². The molecule has 3 nitrogen and oxygen atoms in total. The zero-order chi connectivity index (χ0) is 12.4. The highest BCUT2D eigenvalue weighted by molar-refractivity contribution is 9.11. The Kier molecular flexibility index (Phi) is 3.69. The molecule has 90 valence electrons. The van der Waals surface area contributed by atoms with Crippen LogP contribution >= 0.6 is 27.3 Å². The molecule has 2 aromatic rings. The molecule has 2 aromatic heterocycles. The Morgan fingerprint density at radius 1 is 1.59 bits per heavy atom. The summed E-state index contributed by atoms with van der Waals surface area (Å²) >= 11 is 4.87. The molecule has 0 aliphatic rings. The molecule has 0 atom stereocenters. The van der Waals surface area contributed by atoms with Gasteiger partial charge in [-0.25, -0.2) is 0 Å².